The van der Waals surface area contributed by atoms with E-state index in [0.29, 0.717) is 26.3 Å². The highest BCUT2D eigenvalue weighted by Crippen LogP contribution is 2.28. The van der Waals surface area contributed by atoms with Gasteiger partial charge in [-0.1, -0.05) is 49.4 Å². The van der Waals surface area contributed by atoms with Gasteiger partial charge in [-0.25, -0.2) is 0 Å². The third-order valence-electron chi connectivity index (χ3n) is 5.19. The van der Waals surface area contributed by atoms with E-state index in [-0.39, 0.29) is 24.2 Å². The predicted molar refractivity (Wildman–Crippen MR) is 110 cm³/mol. The average Bonchev–Trinajstić information content (AvgIpc) is 3.12. The molecular weight excluding hydrogens is 352 g/mol. The summed E-state index contributed by atoms with van der Waals surface area (Å²) >= 11 is 0. The number of amides is 2. The number of nitrogens with one attached hydrogen (secondary N) is 1. The number of carbonyl (C=O) groups excluding carboxylic acids is 2. The van der Waals surface area contributed by atoms with Crippen molar-refractivity contribution in [2.75, 3.05) is 18.1 Å². The van der Waals surface area contributed by atoms with Gasteiger partial charge in [0.15, 0.2) is 0 Å². The number of nitrogens with zero attached hydrogens (tertiary/aromatic N) is 1. The first kappa shape index (κ1) is 20.1. The Labute approximate surface area is 166 Å². The summed E-state index contributed by atoms with van der Waals surface area (Å²) in [7, 11) is 0. The minimum Gasteiger partial charge on any atom is -0.377 e. The minimum absolute atomic E-state index is 0.0118. The Balaban J connectivity index is 1.63. The monoisotopic (exact) mass is 380 g/mol. The lowest BCUT2D eigenvalue weighted by Gasteiger charge is -2.20. The van der Waals surface area contributed by atoms with Crippen LogP contribution in [0.3, 0.4) is 0 Å². The Hall–Kier alpha value is -2.66. The quantitative estimate of drug-likeness (QED) is 0.763. The van der Waals surface area contributed by atoms with E-state index >= 15 is 0 Å². The third kappa shape index (κ3) is 4.60. The largest absolute Gasteiger partial charge is 0.377 e. The first-order valence-electron chi connectivity index (χ1n) is 9.94. The summed E-state index contributed by atoms with van der Waals surface area (Å²) in [5.41, 5.74) is 4.17. The Kier molecular flexibility index (Phi) is 6.82. The molecule has 2 aromatic rings. The van der Waals surface area contributed by atoms with Gasteiger partial charge in [0.1, 0.15) is 0 Å². The van der Waals surface area contributed by atoms with Crippen molar-refractivity contribution in [1.82, 2.24) is 5.32 Å². The second kappa shape index (κ2) is 9.51. The van der Waals surface area contributed by atoms with Gasteiger partial charge < -0.3 is 15.0 Å². The molecule has 0 saturated carbocycles. The maximum Gasteiger partial charge on any atom is 0.227 e. The lowest BCUT2D eigenvalue weighted by molar-refractivity contribution is -0.126. The number of para-hydroxylation sites is 1. The minimum atomic E-state index is -0.323. The molecule has 1 fully saturated rings. The number of benzene rings is 2. The predicted octanol–water partition coefficient (Wildman–Crippen LogP) is 3.45. The van der Waals surface area contributed by atoms with Crippen LogP contribution in [0.2, 0.25) is 0 Å². The number of rotatable bonds is 8. The van der Waals surface area contributed by atoms with Crippen molar-refractivity contribution < 1.29 is 14.3 Å². The fourth-order valence-electron chi connectivity index (χ4n) is 3.60. The number of carbonyl (C=O) groups is 2. The zero-order valence-corrected chi connectivity index (χ0v) is 16.6. The molecule has 148 valence electrons. The highest BCUT2D eigenvalue weighted by molar-refractivity contribution is 6.00. The Bertz CT molecular complexity index is 834. The number of ether oxygens (including phenoxy) is 1. The van der Waals surface area contributed by atoms with E-state index in [9.17, 15) is 9.59 Å². The van der Waals surface area contributed by atoms with Crippen LogP contribution < -0.4 is 10.2 Å². The van der Waals surface area contributed by atoms with Crippen LogP contribution in [0.4, 0.5) is 5.69 Å². The topological polar surface area (TPSA) is 58.6 Å². The van der Waals surface area contributed by atoms with Crippen molar-refractivity contribution in [1.29, 1.82) is 0 Å². The van der Waals surface area contributed by atoms with Gasteiger partial charge >= 0.3 is 0 Å². The van der Waals surface area contributed by atoms with Crippen LogP contribution in [-0.4, -0.2) is 25.0 Å². The Morgan fingerprint density at radius 3 is 2.46 bits per heavy atom. The lowest BCUT2D eigenvalue weighted by Crippen LogP contribution is -2.33. The molecule has 1 aliphatic heterocycles. The SMILES string of the molecule is CCOCc1ccccc1CNC(=O)C1CC(=O)N(c2ccccc2CC)C1. The molecule has 1 aliphatic rings. The molecule has 0 aliphatic carbocycles. The van der Waals surface area contributed by atoms with Crippen molar-refractivity contribution in [3.05, 3.63) is 65.2 Å². The summed E-state index contributed by atoms with van der Waals surface area (Å²) in [6.07, 6.45) is 1.11. The van der Waals surface area contributed by atoms with Crippen LogP contribution in [0, 0.1) is 5.92 Å². The van der Waals surface area contributed by atoms with Crippen LogP contribution in [0.15, 0.2) is 48.5 Å². The normalized spacial score (nSPS) is 16.4. The molecule has 5 heteroatoms. The van der Waals surface area contributed by atoms with Crippen molar-refractivity contribution in [2.24, 2.45) is 5.92 Å². The van der Waals surface area contributed by atoms with Crippen molar-refractivity contribution in [3.63, 3.8) is 0 Å². The molecule has 1 unspecified atom stereocenters. The molecule has 3 rings (SSSR count). The van der Waals surface area contributed by atoms with Crippen LogP contribution in [0.25, 0.3) is 0 Å². The van der Waals surface area contributed by atoms with Crippen LogP contribution in [0.5, 0.6) is 0 Å². The molecule has 28 heavy (non-hydrogen) atoms. The summed E-state index contributed by atoms with van der Waals surface area (Å²) in [5, 5.41) is 3.01. The van der Waals surface area contributed by atoms with E-state index in [4.69, 9.17) is 4.74 Å². The summed E-state index contributed by atoms with van der Waals surface area (Å²) in [4.78, 5) is 27.0. The molecule has 0 spiro atoms. The smallest absolute Gasteiger partial charge is 0.227 e. The molecule has 0 aromatic heterocycles. The van der Waals surface area contributed by atoms with Gasteiger partial charge in [0.25, 0.3) is 0 Å². The molecule has 5 nitrogen and oxygen atoms in total. The summed E-state index contributed by atoms with van der Waals surface area (Å²) in [5.74, 6) is -0.384. The fourth-order valence-corrected chi connectivity index (χ4v) is 3.60. The fraction of sp³-hybridized carbons (Fsp3) is 0.391. The molecule has 1 heterocycles. The summed E-state index contributed by atoms with van der Waals surface area (Å²) in [6.45, 7) is 6.10. The molecule has 2 aromatic carbocycles. The average molecular weight is 380 g/mol. The van der Waals surface area contributed by atoms with E-state index in [1.54, 1.807) is 4.90 Å². The molecule has 1 N–H and O–H groups in total. The van der Waals surface area contributed by atoms with Crippen molar-refractivity contribution in [3.8, 4) is 0 Å². The van der Waals surface area contributed by atoms with E-state index in [0.717, 1.165) is 28.8 Å². The Morgan fingerprint density at radius 1 is 1.07 bits per heavy atom. The first-order chi connectivity index (χ1) is 13.6. The number of hydrogen-bond acceptors (Lipinski definition) is 3. The van der Waals surface area contributed by atoms with Gasteiger partial charge in [-0.15, -0.1) is 0 Å². The van der Waals surface area contributed by atoms with Gasteiger partial charge in [0.05, 0.1) is 12.5 Å². The molecule has 2 amide bonds. The standard InChI is InChI=1S/C23H28N2O3/c1-3-17-9-7-8-12-21(17)25-15-20(13-22(25)26)23(27)24-14-18-10-5-6-11-19(18)16-28-4-2/h5-12,20H,3-4,13-16H2,1-2H3,(H,24,27). The second-order valence-electron chi connectivity index (χ2n) is 7.01. The van der Waals surface area contributed by atoms with Gasteiger partial charge in [-0.05, 0) is 36.1 Å². The second-order valence-corrected chi connectivity index (χ2v) is 7.01. The summed E-state index contributed by atoms with van der Waals surface area (Å²) in [6, 6.07) is 15.8. The van der Waals surface area contributed by atoms with Gasteiger partial charge in [0, 0.05) is 31.8 Å². The number of aryl methyl sites for hydroxylation is 1. The highest BCUT2D eigenvalue weighted by Gasteiger charge is 2.35. The number of anilines is 1. The molecule has 0 radical (unpaired) electrons. The maximum absolute atomic E-state index is 12.7. The molecular formula is C23H28N2O3. The molecule has 0 bridgehead atoms. The lowest BCUT2D eigenvalue weighted by atomic mass is 10.1. The van der Waals surface area contributed by atoms with Crippen LogP contribution >= 0.6 is 0 Å². The van der Waals surface area contributed by atoms with Gasteiger partial charge in [0.2, 0.25) is 11.8 Å². The zero-order chi connectivity index (χ0) is 19.9. The van der Waals surface area contributed by atoms with Crippen molar-refractivity contribution in [2.45, 2.75) is 39.8 Å². The van der Waals surface area contributed by atoms with E-state index < -0.39 is 0 Å². The van der Waals surface area contributed by atoms with Crippen LogP contribution in [-0.2, 0) is 33.9 Å². The third-order valence-corrected chi connectivity index (χ3v) is 5.19. The highest BCUT2D eigenvalue weighted by atomic mass is 16.5. The zero-order valence-electron chi connectivity index (χ0n) is 16.6. The first-order valence-corrected chi connectivity index (χ1v) is 9.94. The molecule has 1 saturated heterocycles. The van der Waals surface area contributed by atoms with Crippen molar-refractivity contribution >= 4 is 17.5 Å². The van der Waals surface area contributed by atoms with E-state index in [2.05, 4.69) is 12.2 Å². The molecule has 1 atom stereocenters. The number of hydrogen-bond donors (Lipinski definition) is 1. The van der Waals surface area contributed by atoms with Crippen LogP contribution in [0.1, 0.15) is 37.0 Å². The Morgan fingerprint density at radius 2 is 1.75 bits per heavy atom. The summed E-state index contributed by atoms with van der Waals surface area (Å²) < 4.78 is 5.50. The maximum atomic E-state index is 12.7. The van der Waals surface area contributed by atoms with Gasteiger partial charge in [-0.2, -0.15) is 0 Å². The van der Waals surface area contributed by atoms with Gasteiger partial charge in [-0.3, -0.25) is 9.59 Å². The van der Waals surface area contributed by atoms with E-state index in [1.807, 2.05) is 55.5 Å². The van der Waals surface area contributed by atoms with E-state index in [1.165, 1.54) is 0 Å².